The van der Waals surface area contributed by atoms with Gasteiger partial charge in [-0.1, -0.05) is 31.9 Å². The summed E-state index contributed by atoms with van der Waals surface area (Å²) in [5.41, 5.74) is 1.80. The molecule has 2 aromatic rings. The number of rotatable bonds is 6. The lowest BCUT2D eigenvalue weighted by atomic mass is 10.0. The van der Waals surface area contributed by atoms with E-state index in [1.54, 1.807) is 23.8 Å². The molecule has 0 N–H and O–H groups in total. The van der Waals surface area contributed by atoms with Crippen molar-refractivity contribution in [2.75, 3.05) is 25.1 Å². The van der Waals surface area contributed by atoms with Gasteiger partial charge < -0.3 is 14.5 Å². The standard InChI is InChI=1S/C21H26N4O3/c1-4-5-8-16-12-25(18-9-6-7-10-19(18)28-3)20(26)13-24(16)21(27)17-11-22-14-23-15(17)2/h6-7,9-11,14,16H,4-5,8,12-13H2,1-3H3. The maximum atomic E-state index is 13.2. The molecule has 3 rings (SSSR count). The number of ether oxygens (including phenoxy) is 1. The molecule has 1 atom stereocenters. The molecule has 1 aliphatic heterocycles. The number of benzene rings is 1. The van der Waals surface area contributed by atoms with Crippen molar-refractivity contribution in [2.45, 2.75) is 39.2 Å². The fourth-order valence-electron chi connectivity index (χ4n) is 3.54. The minimum Gasteiger partial charge on any atom is -0.495 e. The number of amides is 2. The van der Waals surface area contributed by atoms with Crippen LogP contribution in [0.4, 0.5) is 5.69 Å². The Bertz CT molecular complexity index is 855. The molecule has 0 bridgehead atoms. The van der Waals surface area contributed by atoms with Crippen molar-refractivity contribution in [3.8, 4) is 5.75 Å². The first-order valence-electron chi connectivity index (χ1n) is 9.57. The van der Waals surface area contributed by atoms with Gasteiger partial charge in [-0.15, -0.1) is 0 Å². The Balaban J connectivity index is 1.90. The molecular formula is C21H26N4O3. The summed E-state index contributed by atoms with van der Waals surface area (Å²) in [4.78, 5) is 37.6. The molecule has 7 nitrogen and oxygen atoms in total. The highest BCUT2D eigenvalue weighted by Crippen LogP contribution is 2.31. The zero-order valence-corrected chi connectivity index (χ0v) is 16.6. The molecule has 28 heavy (non-hydrogen) atoms. The predicted octanol–water partition coefficient (Wildman–Crippen LogP) is 2.84. The van der Waals surface area contributed by atoms with Crippen LogP contribution in [0.5, 0.6) is 5.75 Å². The number of carbonyl (C=O) groups is 2. The molecule has 1 aromatic heterocycles. The summed E-state index contributed by atoms with van der Waals surface area (Å²) < 4.78 is 5.43. The summed E-state index contributed by atoms with van der Waals surface area (Å²) in [6.45, 7) is 4.37. The average Bonchev–Trinajstić information content (AvgIpc) is 2.72. The van der Waals surface area contributed by atoms with Gasteiger partial charge in [0.25, 0.3) is 5.91 Å². The first kappa shape index (κ1) is 19.8. The molecule has 2 amide bonds. The van der Waals surface area contributed by atoms with Crippen molar-refractivity contribution in [1.29, 1.82) is 0 Å². The van der Waals surface area contributed by atoms with Gasteiger partial charge in [-0.25, -0.2) is 9.97 Å². The van der Waals surface area contributed by atoms with E-state index in [4.69, 9.17) is 4.74 Å². The third-order valence-corrected chi connectivity index (χ3v) is 5.11. The van der Waals surface area contributed by atoms with Crippen molar-refractivity contribution < 1.29 is 14.3 Å². The monoisotopic (exact) mass is 382 g/mol. The second-order valence-electron chi connectivity index (χ2n) is 6.93. The SMILES string of the molecule is CCCCC1CN(c2ccccc2OC)C(=O)CN1C(=O)c1cncnc1C. The van der Waals surface area contributed by atoms with Crippen LogP contribution < -0.4 is 9.64 Å². The second-order valence-corrected chi connectivity index (χ2v) is 6.93. The predicted molar refractivity (Wildman–Crippen MR) is 106 cm³/mol. The zero-order valence-electron chi connectivity index (χ0n) is 16.6. The third kappa shape index (κ3) is 3.98. The van der Waals surface area contributed by atoms with Crippen molar-refractivity contribution in [1.82, 2.24) is 14.9 Å². The fourth-order valence-corrected chi connectivity index (χ4v) is 3.54. The van der Waals surface area contributed by atoms with Crippen LogP contribution in [0.1, 0.15) is 42.2 Å². The molecule has 1 unspecified atom stereocenters. The number of aromatic nitrogens is 2. The van der Waals surface area contributed by atoms with Gasteiger partial charge >= 0.3 is 0 Å². The van der Waals surface area contributed by atoms with E-state index in [1.807, 2.05) is 24.3 Å². The van der Waals surface area contributed by atoms with Crippen LogP contribution in [0.25, 0.3) is 0 Å². The summed E-state index contributed by atoms with van der Waals surface area (Å²) in [5.74, 6) is 0.338. The van der Waals surface area contributed by atoms with Crippen LogP contribution in [0, 0.1) is 6.92 Å². The summed E-state index contributed by atoms with van der Waals surface area (Å²) in [7, 11) is 1.59. The molecule has 2 heterocycles. The first-order valence-corrected chi connectivity index (χ1v) is 9.57. The Kier molecular flexibility index (Phi) is 6.23. The minimum atomic E-state index is -0.188. The maximum absolute atomic E-state index is 13.2. The Morgan fingerprint density at radius 1 is 1.32 bits per heavy atom. The molecule has 1 fully saturated rings. The van der Waals surface area contributed by atoms with Crippen molar-refractivity contribution >= 4 is 17.5 Å². The lowest BCUT2D eigenvalue weighted by Crippen LogP contribution is -2.58. The van der Waals surface area contributed by atoms with Crippen molar-refractivity contribution in [3.63, 3.8) is 0 Å². The molecule has 0 spiro atoms. The zero-order chi connectivity index (χ0) is 20.1. The maximum Gasteiger partial charge on any atom is 0.258 e. The van der Waals surface area contributed by atoms with Crippen LogP contribution >= 0.6 is 0 Å². The Labute approximate surface area is 165 Å². The lowest BCUT2D eigenvalue weighted by Gasteiger charge is -2.41. The number of unbranched alkanes of at least 4 members (excludes halogenated alkanes) is 1. The van der Waals surface area contributed by atoms with Crippen molar-refractivity contribution in [3.05, 3.63) is 48.0 Å². The number of hydrogen-bond donors (Lipinski definition) is 0. The van der Waals surface area contributed by atoms with Gasteiger partial charge in [0.2, 0.25) is 5.91 Å². The van der Waals surface area contributed by atoms with E-state index in [0.29, 0.717) is 23.6 Å². The summed E-state index contributed by atoms with van der Waals surface area (Å²) in [6, 6.07) is 7.40. The van der Waals surface area contributed by atoms with E-state index < -0.39 is 0 Å². The van der Waals surface area contributed by atoms with E-state index in [-0.39, 0.29) is 24.4 Å². The number of anilines is 1. The van der Waals surface area contributed by atoms with Crippen LogP contribution in [0.3, 0.4) is 0 Å². The van der Waals surface area contributed by atoms with Crippen molar-refractivity contribution in [2.24, 2.45) is 0 Å². The minimum absolute atomic E-state index is 0.0274. The topological polar surface area (TPSA) is 75.6 Å². The number of methoxy groups -OCH3 is 1. The van der Waals surface area contributed by atoms with Gasteiger partial charge in [-0.05, 0) is 25.5 Å². The van der Waals surface area contributed by atoms with Gasteiger partial charge in [-0.3, -0.25) is 9.59 Å². The number of aryl methyl sites for hydroxylation is 1. The largest absolute Gasteiger partial charge is 0.495 e. The van der Waals surface area contributed by atoms with Crippen LogP contribution in [-0.2, 0) is 4.79 Å². The average molecular weight is 382 g/mol. The quantitative estimate of drug-likeness (QED) is 0.768. The molecule has 0 saturated carbocycles. The smallest absolute Gasteiger partial charge is 0.258 e. The molecule has 1 saturated heterocycles. The first-order chi connectivity index (χ1) is 13.6. The normalized spacial score (nSPS) is 17.0. The van der Waals surface area contributed by atoms with Gasteiger partial charge in [0.15, 0.2) is 0 Å². The molecular weight excluding hydrogens is 356 g/mol. The van der Waals surface area contributed by atoms with E-state index in [0.717, 1.165) is 24.9 Å². The molecule has 1 aliphatic rings. The number of piperazine rings is 1. The fraction of sp³-hybridized carbons (Fsp3) is 0.429. The highest BCUT2D eigenvalue weighted by atomic mass is 16.5. The van der Waals surface area contributed by atoms with Gasteiger partial charge in [-0.2, -0.15) is 0 Å². The van der Waals surface area contributed by atoms with Crippen LogP contribution in [-0.4, -0.2) is 52.9 Å². The molecule has 148 valence electrons. The Morgan fingerprint density at radius 2 is 2.11 bits per heavy atom. The van der Waals surface area contributed by atoms with Gasteiger partial charge in [0.1, 0.15) is 18.6 Å². The Hall–Kier alpha value is -2.96. The summed E-state index contributed by atoms with van der Waals surface area (Å²) in [6.07, 6.45) is 5.78. The third-order valence-electron chi connectivity index (χ3n) is 5.11. The second kappa shape index (κ2) is 8.82. The molecule has 7 heteroatoms. The number of nitrogens with zero attached hydrogens (tertiary/aromatic N) is 4. The van der Waals surface area contributed by atoms with Crippen LogP contribution in [0.15, 0.2) is 36.8 Å². The summed E-state index contributed by atoms with van der Waals surface area (Å²) in [5, 5.41) is 0. The molecule has 0 aliphatic carbocycles. The van der Waals surface area contributed by atoms with Gasteiger partial charge in [0, 0.05) is 12.7 Å². The van der Waals surface area contributed by atoms with Crippen LogP contribution in [0.2, 0.25) is 0 Å². The van der Waals surface area contributed by atoms with E-state index in [9.17, 15) is 9.59 Å². The van der Waals surface area contributed by atoms with Gasteiger partial charge in [0.05, 0.1) is 30.1 Å². The number of carbonyl (C=O) groups excluding carboxylic acids is 2. The van der Waals surface area contributed by atoms with E-state index in [2.05, 4.69) is 16.9 Å². The molecule has 1 aromatic carbocycles. The molecule has 0 radical (unpaired) electrons. The number of hydrogen-bond acceptors (Lipinski definition) is 5. The summed E-state index contributed by atoms with van der Waals surface area (Å²) >= 11 is 0. The number of para-hydroxylation sites is 2. The highest BCUT2D eigenvalue weighted by molar-refractivity contribution is 6.02. The van der Waals surface area contributed by atoms with E-state index in [1.165, 1.54) is 12.5 Å². The Morgan fingerprint density at radius 3 is 2.82 bits per heavy atom. The van der Waals surface area contributed by atoms with E-state index >= 15 is 0 Å². The highest BCUT2D eigenvalue weighted by Gasteiger charge is 2.37. The lowest BCUT2D eigenvalue weighted by molar-refractivity contribution is -0.121.